The lowest BCUT2D eigenvalue weighted by molar-refractivity contribution is -0.141. The summed E-state index contributed by atoms with van der Waals surface area (Å²) in [5, 5.41) is 15.6. The Bertz CT molecular complexity index is 994. The molecule has 0 spiro atoms. The fourth-order valence-electron chi connectivity index (χ4n) is 5.18. The van der Waals surface area contributed by atoms with Gasteiger partial charge in [0.1, 0.15) is 11.9 Å². The number of hydrogen-bond acceptors (Lipinski definition) is 5. The third-order valence-corrected chi connectivity index (χ3v) is 7.20. The van der Waals surface area contributed by atoms with Crippen LogP contribution in [-0.4, -0.2) is 67.0 Å². The normalized spacial score (nSPS) is 22.6. The van der Waals surface area contributed by atoms with Crippen molar-refractivity contribution in [2.45, 2.75) is 56.8 Å². The summed E-state index contributed by atoms with van der Waals surface area (Å²) < 4.78 is 11.3. The maximum Gasteiger partial charge on any atom is 0.319 e. The number of carbonyl (C=O) groups excluding carboxylic acids is 2. The van der Waals surface area contributed by atoms with Gasteiger partial charge in [-0.05, 0) is 55.7 Å². The molecular formula is C28H37N3O5. The first-order chi connectivity index (χ1) is 17.6. The number of amides is 3. The summed E-state index contributed by atoms with van der Waals surface area (Å²) in [5.74, 6) is 1.28. The van der Waals surface area contributed by atoms with E-state index in [0.717, 1.165) is 32.4 Å². The highest BCUT2D eigenvalue weighted by Gasteiger charge is 2.34. The second-order valence-corrected chi connectivity index (χ2v) is 9.68. The largest absolute Gasteiger partial charge is 0.495 e. The highest BCUT2D eigenvalue weighted by molar-refractivity contribution is 5.91. The Hall–Kier alpha value is -3.10. The lowest BCUT2D eigenvalue weighted by Gasteiger charge is -2.37. The molecule has 3 atom stereocenters. The molecule has 2 fully saturated rings. The maximum atomic E-state index is 12.9. The van der Waals surface area contributed by atoms with Crippen molar-refractivity contribution in [3.8, 4) is 5.75 Å². The zero-order valence-electron chi connectivity index (χ0n) is 20.9. The number of carbonyl (C=O) groups is 2. The molecule has 2 aliphatic heterocycles. The number of para-hydroxylation sites is 2. The number of nitrogens with one attached hydrogen (secondary N) is 2. The third-order valence-electron chi connectivity index (χ3n) is 7.20. The van der Waals surface area contributed by atoms with Gasteiger partial charge in [0.05, 0.1) is 38.0 Å². The number of aliphatic hydroxyl groups excluding tert-OH is 1. The monoisotopic (exact) mass is 495 g/mol. The number of rotatable bonds is 8. The number of methoxy groups -OCH3 is 1. The summed E-state index contributed by atoms with van der Waals surface area (Å²) in [7, 11) is 1.55. The van der Waals surface area contributed by atoms with Gasteiger partial charge in [0, 0.05) is 13.1 Å². The Kier molecular flexibility index (Phi) is 9.19. The van der Waals surface area contributed by atoms with E-state index in [2.05, 4.69) is 34.9 Å². The summed E-state index contributed by atoms with van der Waals surface area (Å²) in [5.41, 5.74) is 1.92. The molecule has 0 unspecified atom stereocenters. The summed E-state index contributed by atoms with van der Waals surface area (Å²) in [6.45, 7) is 1.33. The Morgan fingerprint density at radius 3 is 2.47 bits per heavy atom. The Balaban J connectivity index is 1.21. The molecular weight excluding hydrogens is 458 g/mol. The first-order valence-electron chi connectivity index (χ1n) is 12.8. The van der Waals surface area contributed by atoms with Gasteiger partial charge >= 0.3 is 6.03 Å². The molecule has 4 rings (SSSR count). The fourth-order valence-corrected chi connectivity index (χ4v) is 5.18. The molecule has 8 heteroatoms. The number of aliphatic hydroxyl groups is 1. The molecule has 0 saturated carbocycles. The molecule has 36 heavy (non-hydrogen) atoms. The van der Waals surface area contributed by atoms with E-state index in [1.165, 1.54) is 5.56 Å². The lowest BCUT2D eigenvalue weighted by Crippen LogP contribution is -2.52. The molecule has 0 radical (unpaired) electrons. The molecule has 2 aromatic carbocycles. The van der Waals surface area contributed by atoms with Gasteiger partial charge in [-0.1, -0.05) is 42.5 Å². The van der Waals surface area contributed by atoms with Gasteiger partial charge in [-0.15, -0.1) is 0 Å². The second kappa shape index (κ2) is 12.7. The van der Waals surface area contributed by atoms with E-state index in [9.17, 15) is 14.7 Å². The average Bonchev–Trinajstić information content (AvgIpc) is 2.90. The van der Waals surface area contributed by atoms with Crippen LogP contribution in [-0.2, 0) is 16.0 Å². The zero-order chi connectivity index (χ0) is 25.3. The number of hydrogen-bond donors (Lipinski definition) is 3. The van der Waals surface area contributed by atoms with E-state index < -0.39 is 6.10 Å². The van der Waals surface area contributed by atoms with Crippen LogP contribution in [0.25, 0.3) is 0 Å². The molecule has 2 aromatic rings. The van der Waals surface area contributed by atoms with Crippen LogP contribution in [0.2, 0.25) is 0 Å². The summed E-state index contributed by atoms with van der Waals surface area (Å²) >= 11 is 0. The van der Waals surface area contributed by atoms with Crippen molar-refractivity contribution in [2.24, 2.45) is 5.92 Å². The molecule has 3 amide bonds. The lowest BCUT2D eigenvalue weighted by atomic mass is 9.90. The van der Waals surface area contributed by atoms with E-state index in [4.69, 9.17) is 9.47 Å². The Morgan fingerprint density at radius 1 is 1.03 bits per heavy atom. The van der Waals surface area contributed by atoms with Crippen LogP contribution in [0.15, 0.2) is 54.6 Å². The highest BCUT2D eigenvalue weighted by Crippen LogP contribution is 2.26. The molecule has 0 aromatic heterocycles. The van der Waals surface area contributed by atoms with Gasteiger partial charge in [-0.3, -0.25) is 4.79 Å². The first-order valence-corrected chi connectivity index (χ1v) is 12.8. The second-order valence-electron chi connectivity index (χ2n) is 9.68. The highest BCUT2D eigenvalue weighted by atomic mass is 16.5. The average molecular weight is 496 g/mol. The van der Waals surface area contributed by atoms with E-state index in [1.54, 1.807) is 19.2 Å². The maximum absolute atomic E-state index is 12.9. The van der Waals surface area contributed by atoms with E-state index in [1.807, 2.05) is 23.1 Å². The van der Waals surface area contributed by atoms with Crippen molar-refractivity contribution in [3.63, 3.8) is 0 Å². The van der Waals surface area contributed by atoms with E-state index in [-0.39, 0.29) is 30.7 Å². The van der Waals surface area contributed by atoms with Crippen molar-refractivity contribution in [2.75, 3.05) is 32.1 Å². The van der Waals surface area contributed by atoms with Crippen molar-refractivity contribution in [1.29, 1.82) is 0 Å². The number of piperidine rings is 1. The van der Waals surface area contributed by atoms with Crippen LogP contribution in [0.1, 0.15) is 37.7 Å². The molecule has 2 saturated heterocycles. The molecule has 2 aliphatic rings. The molecule has 0 aliphatic carbocycles. The Labute approximate surface area is 213 Å². The van der Waals surface area contributed by atoms with Crippen molar-refractivity contribution in [1.82, 2.24) is 10.2 Å². The predicted octanol–water partition coefficient (Wildman–Crippen LogP) is 3.60. The van der Waals surface area contributed by atoms with Gasteiger partial charge in [0.15, 0.2) is 0 Å². The number of likely N-dealkylation sites (tertiary alicyclic amines) is 1. The quantitative estimate of drug-likeness (QED) is 0.520. The number of benzene rings is 2. The van der Waals surface area contributed by atoms with Crippen LogP contribution < -0.4 is 15.4 Å². The number of ether oxygens (including phenoxy) is 2. The van der Waals surface area contributed by atoms with Gasteiger partial charge in [0.25, 0.3) is 0 Å². The standard InChI is InChI=1S/C28H37N3O5/c1-35-25-10-6-5-9-23(25)29-28(34)30-24-12-11-22(36-26(24)19-32)18-27(33)31-15-13-21(14-16-31)17-20-7-3-2-4-8-20/h2-10,21-22,24,26,32H,11-19H2,1H3,(H2,29,30,34)/t22-,24-,26-/m0/s1. The van der Waals surface area contributed by atoms with Crippen molar-refractivity contribution in [3.05, 3.63) is 60.2 Å². The molecule has 0 bridgehead atoms. The number of anilines is 1. The molecule has 3 N–H and O–H groups in total. The van der Waals surface area contributed by atoms with E-state index in [0.29, 0.717) is 36.6 Å². The summed E-state index contributed by atoms with van der Waals surface area (Å²) in [6, 6.07) is 16.9. The number of urea groups is 1. The first kappa shape index (κ1) is 26.0. The van der Waals surface area contributed by atoms with Crippen molar-refractivity contribution >= 4 is 17.6 Å². The van der Waals surface area contributed by atoms with Crippen LogP contribution in [0.3, 0.4) is 0 Å². The minimum atomic E-state index is -0.559. The van der Waals surface area contributed by atoms with Crippen LogP contribution in [0, 0.1) is 5.92 Å². The van der Waals surface area contributed by atoms with Gasteiger partial charge in [-0.2, -0.15) is 0 Å². The minimum absolute atomic E-state index is 0.107. The smallest absolute Gasteiger partial charge is 0.319 e. The number of nitrogens with zero attached hydrogens (tertiary/aromatic N) is 1. The topological polar surface area (TPSA) is 100 Å². The zero-order valence-corrected chi connectivity index (χ0v) is 20.9. The summed E-state index contributed by atoms with van der Waals surface area (Å²) in [4.78, 5) is 27.4. The van der Waals surface area contributed by atoms with Gasteiger partial charge in [-0.25, -0.2) is 4.79 Å². The SMILES string of the molecule is COc1ccccc1NC(=O)N[C@H]1CC[C@@H](CC(=O)N2CCC(Cc3ccccc3)CC2)O[C@H]1CO. The predicted molar refractivity (Wildman–Crippen MR) is 138 cm³/mol. The Morgan fingerprint density at radius 2 is 1.75 bits per heavy atom. The van der Waals surface area contributed by atoms with Crippen LogP contribution >= 0.6 is 0 Å². The third kappa shape index (κ3) is 6.98. The van der Waals surface area contributed by atoms with Crippen LogP contribution in [0.5, 0.6) is 5.75 Å². The van der Waals surface area contributed by atoms with Gasteiger partial charge in [0.2, 0.25) is 5.91 Å². The van der Waals surface area contributed by atoms with Gasteiger partial charge < -0.3 is 30.1 Å². The van der Waals surface area contributed by atoms with Crippen molar-refractivity contribution < 1.29 is 24.2 Å². The van der Waals surface area contributed by atoms with E-state index >= 15 is 0 Å². The molecule has 2 heterocycles. The fraction of sp³-hybridized carbons (Fsp3) is 0.500. The minimum Gasteiger partial charge on any atom is -0.495 e. The molecule has 8 nitrogen and oxygen atoms in total. The molecule has 194 valence electrons. The summed E-state index contributed by atoms with van der Waals surface area (Å²) in [6.07, 6.45) is 3.85. The van der Waals surface area contributed by atoms with Crippen LogP contribution in [0.4, 0.5) is 10.5 Å².